The fraction of sp³-hybridized carbons (Fsp3) is 0.692. The molecule has 1 saturated carbocycles. The topological polar surface area (TPSA) is 47.0 Å². The van der Waals surface area contributed by atoms with Crippen LogP contribution in [0.4, 0.5) is 5.82 Å². The van der Waals surface area contributed by atoms with E-state index in [1.54, 1.807) is 6.33 Å². The molecule has 1 heterocycles. The molecule has 0 aliphatic heterocycles. The summed E-state index contributed by atoms with van der Waals surface area (Å²) < 4.78 is 5.50. The van der Waals surface area contributed by atoms with Gasteiger partial charge in [0, 0.05) is 11.6 Å². The summed E-state index contributed by atoms with van der Waals surface area (Å²) in [5.74, 6) is 2.26. The van der Waals surface area contributed by atoms with Gasteiger partial charge in [-0.3, -0.25) is 0 Å². The Labute approximate surface area is 103 Å². The summed E-state index contributed by atoms with van der Waals surface area (Å²) >= 11 is 0. The zero-order valence-corrected chi connectivity index (χ0v) is 10.9. The Bertz CT molecular complexity index is 375. The third kappa shape index (κ3) is 3.32. The van der Waals surface area contributed by atoms with E-state index < -0.39 is 0 Å². The van der Waals surface area contributed by atoms with Crippen molar-refractivity contribution in [1.29, 1.82) is 0 Å². The minimum Gasteiger partial charge on any atom is -0.478 e. The Balaban J connectivity index is 2.00. The van der Waals surface area contributed by atoms with Crippen molar-refractivity contribution in [2.45, 2.75) is 45.6 Å². The van der Waals surface area contributed by atoms with E-state index in [9.17, 15) is 0 Å². The van der Waals surface area contributed by atoms with E-state index in [0.717, 1.165) is 18.2 Å². The van der Waals surface area contributed by atoms with Crippen LogP contribution in [-0.4, -0.2) is 22.1 Å². The average molecular weight is 235 g/mol. The number of nitrogens with zero attached hydrogens (tertiary/aromatic N) is 2. The first-order chi connectivity index (χ1) is 8.12. The number of aromatic nitrogens is 2. The molecular formula is C13H21N3O. The van der Waals surface area contributed by atoms with Gasteiger partial charge in [0.05, 0.1) is 6.61 Å². The number of ether oxygens (including phenoxy) is 1. The lowest BCUT2D eigenvalue weighted by molar-refractivity contribution is 0.304. The van der Waals surface area contributed by atoms with Crippen LogP contribution in [0, 0.1) is 5.92 Å². The van der Waals surface area contributed by atoms with Crippen molar-refractivity contribution in [2.75, 3.05) is 11.9 Å². The van der Waals surface area contributed by atoms with Gasteiger partial charge in [0.25, 0.3) is 0 Å². The Hall–Kier alpha value is -1.32. The highest BCUT2D eigenvalue weighted by molar-refractivity contribution is 5.40. The zero-order chi connectivity index (χ0) is 12.3. The first-order valence-corrected chi connectivity index (χ1v) is 6.35. The Morgan fingerprint density at radius 1 is 1.41 bits per heavy atom. The van der Waals surface area contributed by atoms with E-state index in [1.165, 1.54) is 12.8 Å². The maximum absolute atomic E-state index is 5.50. The van der Waals surface area contributed by atoms with Crippen molar-refractivity contribution in [3.63, 3.8) is 0 Å². The van der Waals surface area contributed by atoms with Gasteiger partial charge in [-0.1, -0.05) is 6.92 Å². The van der Waals surface area contributed by atoms with Crippen molar-refractivity contribution in [1.82, 2.24) is 9.97 Å². The Morgan fingerprint density at radius 3 is 2.82 bits per heavy atom. The van der Waals surface area contributed by atoms with E-state index in [4.69, 9.17) is 4.74 Å². The van der Waals surface area contributed by atoms with E-state index in [-0.39, 0.29) is 5.54 Å². The summed E-state index contributed by atoms with van der Waals surface area (Å²) in [6, 6.07) is 1.87. The zero-order valence-electron chi connectivity index (χ0n) is 10.9. The lowest BCUT2D eigenvalue weighted by atomic mass is 9.99. The van der Waals surface area contributed by atoms with Crippen molar-refractivity contribution in [3.05, 3.63) is 12.4 Å². The molecule has 0 spiro atoms. The highest BCUT2D eigenvalue weighted by Gasteiger charge is 2.37. The van der Waals surface area contributed by atoms with Gasteiger partial charge in [-0.05, 0) is 39.0 Å². The van der Waals surface area contributed by atoms with Crippen molar-refractivity contribution < 1.29 is 4.74 Å². The first-order valence-electron chi connectivity index (χ1n) is 6.35. The van der Waals surface area contributed by atoms with E-state index in [0.29, 0.717) is 12.5 Å². The summed E-state index contributed by atoms with van der Waals surface area (Å²) in [6.07, 6.45) is 5.16. The average Bonchev–Trinajstić information content (AvgIpc) is 3.10. The van der Waals surface area contributed by atoms with Crippen LogP contribution in [0.3, 0.4) is 0 Å². The maximum Gasteiger partial charge on any atom is 0.218 e. The molecule has 17 heavy (non-hydrogen) atoms. The molecular weight excluding hydrogens is 214 g/mol. The number of nitrogens with one attached hydrogen (secondary N) is 1. The predicted octanol–water partition coefficient (Wildman–Crippen LogP) is 2.87. The van der Waals surface area contributed by atoms with Gasteiger partial charge in [0.15, 0.2) is 0 Å². The number of hydrogen-bond donors (Lipinski definition) is 1. The molecule has 0 bridgehead atoms. The van der Waals surface area contributed by atoms with Crippen LogP contribution < -0.4 is 10.1 Å². The summed E-state index contributed by atoms with van der Waals surface area (Å²) in [7, 11) is 0. The van der Waals surface area contributed by atoms with Crippen molar-refractivity contribution in [2.24, 2.45) is 5.92 Å². The molecule has 94 valence electrons. The summed E-state index contributed by atoms with van der Waals surface area (Å²) in [5, 5.41) is 3.47. The highest BCUT2D eigenvalue weighted by atomic mass is 16.5. The lowest BCUT2D eigenvalue weighted by Crippen LogP contribution is -2.33. The fourth-order valence-corrected chi connectivity index (χ4v) is 1.93. The maximum atomic E-state index is 5.50. The number of rotatable bonds is 6. The molecule has 0 aromatic carbocycles. The van der Waals surface area contributed by atoms with Crippen LogP contribution in [0.15, 0.2) is 12.4 Å². The minimum absolute atomic E-state index is 0.108. The monoisotopic (exact) mass is 235 g/mol. The van der Waals surface area contributed by atoms with E-state index >= 15 is 0 Å². The smallest absolute Gasteiger partial charge is 0.218 e. The van der Waals surface area contributed by atoms with Crippen LogP contribution in [0.25, 0.3) is 0 Å². The summed E-state index contributed by atoms with van der Waals surface area (Å²) in [5.41, 5.74) is 0.108. The molecule has 0 atom stereocenters. The molecule has 1 N–H and O–H groups in total. The van der Waals surface area contributed by atoms with E-state index in [1.807, 2.05) is 6.07 Å². The molecule has 0 unspecified atom stereocenters. The molecule has 1 aromatic rings. The molecule has 0 amide bonds. The molecule has 1 aliphatic carbocycles. The second-order valence-electron chi connectivity index (χ2n) is 5.21. The van der Waals surface area contributed by atoms with Gasteiger partial charge >= 0.3 is 0 Å². The van der Waals surface area contributed by atoms with E-state index in [2.05, 4.69) is 36.1 Å². The SMILES string of the molecule is CCCOc1cc(NC(C)(C)C2CC2)ncn1. The second kappa shape index (κ2) is 4.90. The normalized spacial score (nSPS) is 15.7. The number of hydrogen-bond acceptors (Lipinski definition) is 4. The molecule has 0 radical (unpaired) electrons. The molecule has 4 heteroatoms. The lowest BCUT2D eigenvalue weighted by Gasteiger charge is -2.26. The number of anilines is 1. The second-order valence-corrected chi connectivity index (χ2v) is 5.21. The van der Waals surface area contributed by atoms with Gasteiger partial charge in [-0.2, -0.15) is 0 Å². The Morgan fingerprint density at radius 2 is 2.18 bits per heavy atom. The largest absolute Gasteiger partial charge is 0.478 e. The van der Waals surface area contributed by atoms with Gasteiger partial charge in [0.2, 0.25) is 5.88 Å². The molecule has 0 saturated heterocycles. The van der Waals surface area contributed by atoms with Gasteiger partial charge in [0.1, 0.15) is 12.1 Å². The van der Waals surface area contributed by atoms with Crippen molar-refractivity contribution >= 4 is 5.82 Å². The molecule has 4 nitrogen and oxygen atoms in total. The Kier molecular flexibility index (Phi) is 3.50. The summed E-state index contributed by atoms with van der Waals surface area (Å²) in [4.78, 5) is 8.33. The van der Waals surface area contributed by atoms with Crippen molar-refractivity contribution in [3.8, 4) is 5.88 Å². The van der Waals surface area contributed by atoms with Gasteiger partial charge in [-0.25, -0.2) is 9.97 Å². The van der Waals surface area contributed by atoms with Crippen LogP contribution in [0.5, 0.6) is 5.88 Å². The highest BCUT2D eigenvalue weighted by Crippen LogP contribution is 2.40. The first kappa shape index (κ1) is 12.1. The van der Waals surface area contributed by atoms with Gasteiger partial charge in [-0.15, -0.1) is 0 Å². The molecule has 1 fully saturated rings. The van der Waals surface area contributed by atoms with Crippen LogP contribution >= 0.6 is 0 Å². The molecule has 1 aromatic heterocycles. The van der Waals surface area contributed by atoms with Crippen LogP contribution in [0.2, 0.25) is 0 Å². The third-order valence-corrected chi connectivity index (χ3v) is 3.14. The molecule has 2 rings (SSSR count). The molecule has 1 aliphatic rings. The summed E-state index contributed by atoms with van der Waals surface area (Å²) in [6.45, 7) is 7.22. The van der Waals surface area contributed by atoms with Crippen LogP contribution in [-0.2, 0) is 0 Å². The minimum atomic E-state index is 0.108. The van der Waals surface area contributed by atoms with Crippen LogP contribution in [0.1, 0.15) is 40.0 Å². The standard InChI is InChI=1S/C13H21N3O/c1-4-7-17-12-8-11(14-9-15-12)16-13(2,3)10-5-6-10/h8-10H,4-7H2,1-3H3,(H,14,15,16). The third-order valence-electron chi connectivity index (χ3n) is 3.14. The van der Waals surface area contributed by atoms with Gasteiger partial charge < -0.3 is 10.1 Å². The quantitative estimate of drug-likeness (QED) is 0.823. The predicted molar refractivity (Wildman–Crippen MR) is 68.2 cm³/mol. The fourth-order valence-electron chi connectivity index (χ4n) is 1.93.